The van der Waals surface area contributed by atoms with Gasteiger partial charge in [-0.3, -0.25) is 4.68 Å². The Morgan fingerprint density at radius 2 is 2.28 bits per heavy atom. The van der Waals surface area contributed by atoms with E-state index in [4.69, 9.17) is 11.6 Å². The fraction of sp³-hybridized carbons (Fsp3) is 0.333. The van der Waals surface area contributed by atoms with Gasteiger partial charge >= 0.3 is 0 Å². The van der Waals surface area contributed by atoms with Gasteiger partial charge in [0.1, 0.15) is 18.0 Å². The van der Waals surface area contributed by atoms with Crippen molar-refractivity contribution in [3.63, 3.8) is 0 Å². The molecule has 4 nitrogen and oxygen atoms in total. The van der Waals surface area contributed by atoms with Crippen LogP contribution in [0.25, 0.3) is 0 Å². The van der Waals surface area contributed by atoms with Crippen LogP contribution in [-0.4, -0.2) is 21.8 Å². The number of hydrogen-bond acceptors (Lipinski definition) is 3. The van der Waals surface area contributed by atoms with E-state index in [1.54, 1.807) is 23.9 Å². The number of aromatic nitrogens is 3. The van der Waals surface area contributed by atoms with Crippen LogP contribution >= 0.6 is 11.6 Å². The van der Waals surface area contributed by atoms with Crippen LogP contribution in [-0.2, 0) is 13.5 Å². The lowest BCUT2D eigenvalue weighted by atomic mass is 10.0. The summed E-state index contributed by atoms with van der Waals surface area (Å²) < 4.78 is 15.6. The summed E-state index contributed by atoms with van der Waals surface area (Å²) in [6.45, 7) is 0. The lowest BCUT2D eigenvalue weighted by Gasteiger charge is -2.17. The quantitative estimate of drug-likeness (QED) is 0.924. The molecule has 2 rings (SSSR count). The van der Waals surface area contributed by atoms with Gasteiger partial charge in [0.15, 0.2) is 0 Å². The van der Waals surface area contributed by atoms with Crippen LogP contribution < -0.4 is 5.32 Å². The third-order valence-corrected chi connectivity index (χ3v) is 3.19. The van der Waals surface area contributed by atoms with Gasteiger partial charge in [-0.2, -0.15) is 5.10 Å². The Labute approximate surface area is 110 Å². The molecule has 0 saturated carbocycles. The van der Waals surface area contributed by atoms with Gasteiger partial charge in [-0.15, -0.1) is 0 Å². The minimum Gasteiger partial charge on any atom is -0.313 e. The molecule has 0 radical (unpaired) electrons. The fourth-order valence-electron chi connectivity index (χ4n) is 1.84. The largest absolute Gasteiger partial charge is 0.313 e. The zero-order chi connectivity index (χ0) is 13.1. The Balaban J connectivity index is 2.29. The van der Waals surface area contributed by atoms with Crippen molar-refractivity contribution >= 4 is 11.6 Å². The molecule has 18 heavy (non-hydrogen) atoms. The second-order valence-corrected chi connectivity index (χ2v) is 4.40. The van der Waals surface area contributed by atoms with Crippen LogP contribution in [0.3, 0.4) is 0 Å². The Bertz CT molecular complexity index is 541. The van der Waals surface area contributed by atoms with Crippen LogP contribution in [0, 0.1) is 5.82 Å². The number of halogens is 2. The van der Waals surface area contributed by atoms with E-state index >= 15 is 0 Å². The van der Waals surface area contributed by atoms with Crippen molar-refractivity contribution in [1.82, 2.24) is 20.1 Å². The molecule has 1 unspecified atom stereocenters. The van der Waals surface area contributed by atoms with Crippen LogP contribution in [0.2, 0.25) is 5.02 Å². The van der Waals surface area contributed by atoms with Gasteiger partial charge in [0.2, 0.25) is 0 Å². The van der Waals surface area contributed by atoms with Crippen molar-refractivity contribution in [2.24, 2.45) is 7.05 Å². The van der Waals surface area contributed by atoms with Gasteiger partial charge in [-0.25, -0.2) is 9.37 Å². The first kappa shape index (κ1) is 13.0. The molecular weight excluding hydrogens is 255 g/mol. The Morgan fingerprint density at radius 3 is 2.89 bits per heavy atom. The first-order valence-corrected chi connectivity index (χ1v) is 5.95. The summed E-state index contributed by atoms with van der Waals surface area (Å²) in [6, 6.07) is 4.81. The second kappa shape index (κ2) is 5.46. The van der Waals surface area contributed by atoms with E-state index in [9.17, 15) is 4.39 Å². The summed E-state index contributed by atoms with van der Waals surface area (Å²) in [5, 5.41) is 7.20. The monoisotopic (exact) mass is 268 g/mol. The molecule has 2 aromatic rings. The highest BCUT2D eigenvalue weighted by molar-refractivity contribution is 6.30. The van der Waals surface area contributed by atoms with Crippen LogP contribution in [0.5, 0.6) is 0 Å². The number of nitrogens with one attached hydrogen (secondary N) is 1. The molecule has 1 heterocycles. The predicted octanol–water partition coefficient (Wildman–Crippen LogP) is 2.11. The van der Waals surface area contributed by atoms with E-state index in [1.165, 1.54) is 12.4 Å². The topological polar surface area (TPSA) is 42.7 Å². The highest BCUT2D eigenvalue weighted by Crippen LogP contribution is 2.25. The average Bonchev–Trinajstić information content (AvgIpc) is 2.76. The van der Waals surface area contributed by atoms with Crippen LogP contribution in [0.4, 0.5) is 4.39 Å². The van der Waals surface area contributed by atoms with Gasteiger partial charge in [-0.1, -0.05) is 23.7 Å². The van der Waals surface area contributed by atoms with Crippen molar-refractivity contribution in [3.05, 3.63) is 46.8 Å². The fourth-order valence-corrected chi connectivity index (χ4v) is 2.03. The van der Waals surface area contributed by atoms with E-state index in [1.807, 2.05) is 7.05 Å². The number of benzene rings is 1. The van der Waals surface area contributed by atoms with Gasteiger partial charge < -0.3 is 5.32 Å². The molecule has 0 aliphatic rings. The lowest BCUT2D eigenvalue weighted by Crippen LogP contribution is -2.21. The highest BCUT2D eigenvalue weighted by Gasteiger charge is 2.18. The Hall–Kier alpha value is -1.46. The Kier molecular flexibility index (Phi) is 3.93. The molecule has 0 fully saturated rings. The van der Waals surface area contributed by atoms with Crippen molar-refractivity contribution in [3.8, 4) is 0 Å². The van der Waals surface area contributed by atoms with Crippen molar-refractivity contribution < 1.29 is 4.39 Å². The van der Waals surface area contributed by atoms with Crippen LogP contribution in [0.1, 0.15) is 17.4 Å². The standard InChI is InChI=1S/C12H14ClFN4/c1-15-10(6-11-16-7-17-18(11)2)8-4-3-5-9(13)12(8)14/h3-5,7,10,15H,6H2,1-2H3. The molecule has 1 aromatic carbocycles. The third kappa shape index (κ3) is 2.52. The first-order chi connectivity index (χ1) is 8.63. The molecular formula is C12H14ClFN4. The number of aryl methyl sites for hydroxylation is 1. The highest BCUT2D eigenvalue weighted by atomic mass is 35.5. The van der Waals surface area contributed by atoms with E-state index in [0.717, 1.165) is 5.82 Å². The summed E-state index contributed by atoms with van der Waals surface area (Å²) in [4.78, 5) is 4.14. The van der Waals surface area contributed by atoms with Gasteiger partial charge in [0.05, 0.1) is 5.02 Å². The lowest BCUT2D eigenvalue weighted by molar-refractivity contribution is 0.515. The molecule has 0 aliphatic carbocycles. The number of likely N-dealkylation sites (N-methyl/N-ethyl adjacent to an activating group) is 1. The second-order valence-electron chi connectivity index (χ2n) is 3.99. The first-order valence-electron chi connectivity index (χ1n) is 5.57. The summed E-state index contributed by atoms with van der Waals surface area (Å²) >= 11 is 5.79. The number of rotatable bonds is 4. The maximum atomic E-state index is 14.0. The number of nitrogens with zero attached hydrogens (tertiary/aromatic N) is 3. The maximum Gasteiger partial charge on any atom is 0.146 e. The summed E-state index contributed by atoms with van der Waals surface area (Å²) in [5.41, 5.74) is 0.535. The van der Waals surface area contributed by atoms with E-state index in [-0.39, 0.29) is 16.9 Å². The molecule has 6 heteroatoms. The predicted molar refractivity (Wildman–Crippen MR) is 67.9 cm³/mol. The van der Waals surface area contributed by atoms with E-state index in [0.29, 0.717) is 12.0 Å². The number of hydrogen-bond donors (Lipinski definition) is 1. The molecule has 1 aromatic heterocycles. The molecule has 0 amide bonds. The molecule has 0 saturated heterocycles. The zero-order valence-corrected chi connectivity index (χ0v) is 10.9. The molecule has 1 N–H and O–H groups in total. The Morgan fingerprint density at radius 1 is 1.50 bits per heavy atom. The smallest absolute Gasteiger partial charge is 0.146 e. The summed E-state index contributed by atoms with van der Waals surface area (Å²) in [6.07, 6.45) is 2.03. The molecule has 1 atom stereocenters. The van der Waals surface area contributed by atoms with Gasteiger partial charge in [0.25, 0.3) is 0 Å². The molecule has 0 spiro atoms. The maximum absolute atomic E-state index is 14.0. The van der Waals surface area contributed by atoms with Crippen molar-refractivity contribution in [2.45, 2.75) is 12.5 Å². The van der Waals surface area contributed by atoms with Crippen LogP contribution in [0.15, 0.2) is 24.5 Å². The van der Waals surface area contributed by atoms with E-state index in [2.05, 4.69) is 15.4 Å². The van der Waals surface area contributed by atoms with Crippen molar-refractivity contribution in [2.75, 3.05) is 7.05 Å². The summed E-state index contributed by atoms with van der Waals surface area (Å²) in [5.74, 6) is 0.398. The molecule has 0 aliphatic heterocycles. The average molecular weight is 269 g/mol. The minimum absolute atomic E-state index is 0.130. The van der Waals surface area contributed by atoms with Crippen molar-refractivity contribution in [1.29, 1.82) is 0 Å². The van der Waals surface area contributed by atoms with E-state index < -0.39 is 0 Å². The minimum atomic E-state index is -0.388. The summed E-state index contributed by atoms with van der Waals surface area (Å²) in [7, 11) is 3.59. The normalized spacial score (nSPS) is 12.7. The zero-order valence-electron chi connectivity index (χ0n) is 10.2. The third-order valence-electron chi connectivity index (χ3n) is 2.90. The SMILES string of the molecule is CNC(Cc1ncnn1C)c1cccc(Cl)c1F. The molecule has 0 bridgehead atoms. The molecule has 96 valence electrons. The van der Waals surface area contributed by atoms with Gasteiger partial charge in [-0.05, 0) is 13.1 Å². The van der Waals surface area contributed by atoms with Gasteiger partial charge in [0, 0.05) is 25.1 Å².